The Hall–Kier alpha value is -1.09. The van der Waals surface area contributed by atoms with Crippen molar-refractivity contribution in [3.05, 3.63) is 35.6 Å². The molecule has 1 atom stereocenters. The lowest BCUT2D eigenvalue weighted by atomic mass is 9.92. The van der Waals surface area contributed by atoms with Crippen LogP contribution < -0.4 is 0 Å². The summed E-state index contributed by atoms with van der Waals surface area (Å²) >= 11 is 5.79. The van der Waals surface area contributed by atoms with Gasteiger partial charge < -0.3 is 4.74 Å². The van der Waals surface area contributed by atoms with Crippen LogP contribution in [0, 0.1) is 5.82 Å². The molecule has 1 saturated heterocycles. The average Bonchev–Trinajstić information content (AvgIpc) is 2.62. The minimum Gasteiger partial charge on any atom is -0.453 e. The number of alkyl halides is 1. The van der Waals surface area contributed by atoms with Gasteiger partial charge in [-0.2, -0.15) is 0 Å². The SMILES string of the molecule is O=C1CCC(CCl)(c2ccccc2F)O1. The van der Waals surface area contributed by atoms with Gasteiger partial charge >= 0.3 is 5.97 Å². The number of cyclic esters (lactones) is 1. The zero-order chi connectivity index (χ0) is 10.9. The van der Waals surface area contributed by atoms with Crippen molar-refractivity contribution in [2.24, 2.45) is 0 Å². The van der Waals surface area contributed by atoms with E-state index < -0.39 is 5.60 Å². The molecule has 1 aromatic rings. The van der Waals surface area contributed by atoms with Crippen molar-refractivity contribution >= 4 is 17.6 Å². The van der Waals surface area contributed by atoms with Crippen molar-refractivity contribution in [1.82, 2.24) is 0 Å². The summed E-state index contributed by atoms with van der Waals surface area (Å²) in [5, 5.41) is 0. The zero-order valence-electron chi connectivity index (χ0n) is 8.00. The number of rotatable bonds is 2. The number of carbonyl (C=O) groups is 1. The first-order valence-corrected chi connectivity index (χ1v) is 5.24. The third kappa shape index (κ3) is 1.72. The summed E-state index contributed by atoms with van der Waals surface area (Å²) in [5.74, 6) is -0.619. The monoisotopic (exact) mass is 228 g/mol. The van der Waals surface area contributed by atoms with Gasteiger partial charge in [0.25, 0.3) is 0 Å². The second-order valence-corrected chi connectivity index (χ2v) is 3.85. The topological polar surface area (TPSA) is 26.3 Å². The second-order valence-electron chi connectivity index (χ2n) is 3.58. The highest BCUT2D eigenvalue weighted by molar-refractivity contribution is 6.18. The lowest BCUT2D eigenvalue weighted by molar-refractivity contribution is -0.147. The van der Waals surface area contributed by atoms with Crippen molar-refractivity contribution < 1.29 is 13.9 Å². The van der Waals surface area contributed by atoms with Crippen LogP contribution in [0.2, 0.25) is 0 Å². The molecule has 1 unspecified atom stereocenters. The number of carbonyl (C=O) groups excluding carboxylic acids is 1. The fourth-order valence-electron chi connectivity index (χ4n) is 1.81. The van der Waals surface area contributed by atoms with Gasteiger partial charge in [-0.05, 0) is 6.07 Å². The molecule has 0 bridgehead atoms. The molecular weight excluding hydrogens is 219 g/mol. The van der Waals surface area contributed by atoms with Crippen molar-refractivity contribution in [3.63, 3.8) is 0 Å². The minimum absolute atomic E-state index is 0.0830. The molecule has 0 aliphatic carbocycles. The fraction of sp³-hybridized carbons (Fsp3) is 0.364. The molecule has 80 valence electrons. The molecule has 1 aliphatic heterocycles. The van der Waals surface area contributed by atoms with Gasteiger partial charge in [-0.15, -0.1) is 11.6 Å². The predicted molar refractivity (Wildman–Crippen MR) is 54.1 cm³/mol. The Morgan fingerprint density at radius 2 is 2.20 bits per heavy atom. The van der Waals surface area contributed by atoms with Crippen LogP contribution in [0.4, 0.5) is 4.39 Å². The summed E-state index contributed by atoms with van der Waals surface area (Å²) in [6, 6.07) is 6.25. The normalized spacial score (nSPS) is 25.3. The number of ether oxygens (including phenoxy) is 1. The minimum atomic E-state index is -0.968. The Kier molecular flexibility index (Phi) is 2.65. The summed E-state index contributed by atoms with van der Waals surface area (Å²) in [6.45, 7) is 0. The highest BCUT2D eigenvalue weighted by Crippen LogP contribution is 2.38. The van der Waals surface area contributed by atoms with Gasteiger partial charge in [0.05, 0.1) is 5.88 Å². The Balaban J connectivity index is 2.43. The van der Waals surface area contributed by atoms with Crippen molar-refractivity contribution in [2.75, 3.05) is 5.88 Å². The summed E-state index contributed by atoms with van der Waals surface area (Å²) in [7, 11) is 0. The highest BCUT2D eigenvalue weighted by Gasteiger charge is 2.42. The summed E-state index contributed by atoms with van der Waals surface area (Å²) in [4.78, 5) is 11.1. The summed E-state index contributed by atoms with van der Waals surface area (Å²) in [6.07, 6.45) is 0.733. The zero-order valence-corrected chi connectivity index (χ0v) is 8.76. The van der Waals surface area contributed by atoms with E-state index in [1.807, 2.05) is 0 Å². The lowest BCUT2D eigenvalue weighted by Gasteiger charge is -2.25. The predicted octanol–water partition coefficient (Wildman–Crippen LogP) is 2.60. The third-order valence-electron chi connectivity index (χ3n) is 2.62. The van der Waals surface area contributed by atoms with Gasteiger partial charge in [0, 0.05) is 18.4 Å². The largest absolute Gasteiger partial charge is 0.453 e. The van der Waals surface area contributed by atoms with Crippen LogP contribution in [0.5, 0.6) is 0 Å². The molecule has 0 amide bonds. The number of benzene rings is 1. The fourth-order valence-corrected chi connectivity index (χ4v) is 2.14. The van der Waals surface area contributed by atoms with Gasteiger partial charge in [-0.3, -0.25) is 4.79 Å². The van der Waals surface area contributed by atoms with Gasteiger partial charge in [-0.25, -0.2) is 4.39 Å². The maximum Gasteiger partial charge on any atom is 0.306 e. The van der Waals surface area contributed by atoms with Gasteiger partial charge in [0.2, 0.25) is 0 Å². The lowest BCUT2D eigenvalue weighted by Crippen LogP contribution is -2.28. The molecule has 0 spiro atoms. The molecule has 0 saturated carbocycles. The molecular formula is C11H10ClFO2. The van der Waals surface area contributed by atoms with E-state index in [9.17, 15) is 9.18 Å². The second kappa shape index (κ2) is 3.81. The van der Waals surface area contributed by atoms with Crippen LogP contribution in [0.1, 0.15) is 18.4 Å². The van der Waals surface area contributed by atoms with E-state index in [0.29, 0.717) is 18.4 Å². The van der Waals surface area contributed by atoms with Crippen molar-refractivity contribution in [1.29, 1.82) is 0 Å². The van der Waals surface area contributed by atoms with Gasteiger partial charge in [0.15, 0.2) is 5.60 Å². The Bertz CT molecular complexity index is 394. The Morgan fingerprint density at radius 1 is 1.47 bits per heavy atom. The molecule has 0 N–H and O–H groups in total. The van der Waals surface area contributed by atoms with E-state index in [1.54, 1.807) is 18.2 Å². The van der Waals surface area contributed by atoms with E-state index in [4.69, 9.17) is 16.3 Å². The van der Waals surface area contributed by atoms with Crippen LogP contribution in [0.15, 0.2) is 24.3 Å². The van der Waals surface area contributed by atoms with Gasteiger partial charge in [0.1, 0.15) is 5.82 Å². The molecule has 2 rings (SSSR count). The van der Waals surface area contributed by atoms with Crippen LogP contribution in [0.3, 0.4) is 0 Å². The summed E-state index contributed by atoms with van der Waals surface area (Å²) in [5.41, 5.74) is -0.602. The van der Waals surface area contributed by atoms with Gasteiger partial charge in [-0.1, -0.05) is 18.2 Å². The Morgan fingerprint density at radius 3 is 2.73 bits per heavy atom. The third-order valence-corrected chi connectivity index (χ3v) is 3.05. The molecule has 1 heterocycles. The van der Waals surface area contributed by atoms with Crippen LogP contribution in [-0.2, 0) is 15.1 Å². The first-order chi connectivity index (χ1) is 7.18. The quantitative estimate of drug-likeness (QED) is 0.575. The van der Waals surface area contributed by atoms with E-state index in [2.05, 4.69) is 0 Å². The van der Waals surface area contributed by atoms with E-state index >= 15 is 0 Å². The van der Waals surface area contributed by atoms with Crippen LogP contribution >= 0.6 is 11.6 Å². The smallest absolute Gasteiger partial charge is 0.306 e. The van der Waals surface area contributed by atoms with E-state index in [-0.39, 0.29) is 17.7 Å². The number of hydrogen-bond donors (Lipinski definition) is 0. The molecule has 1 fully saturated rings. The number of hydrogen-bond acceptors (Lipinski definition) is 2. The Labute approximate surface area is 92.0 Å². The maximum absolute atomic E-state index is 13.6. The van der Waals surface area contributed by atoms with Crippen LogP contribution in [0.25, 0.3) is 0 Å². The van der Waals surface area contributed by atoms with E-state index in [1.165, 1.54) is 6.07 Å². The number of halogens is 2. The standard InChI is InChI=1S/C11H10ClFO2/c12-7-11(6-5-10(14)15-11)8-3-1-2-4-9(8)13/h1-4H,5-7H2. The molecule has 1 aromatic carbocycles. The van der Waals surface area contributed by atoms with Crippen LogP contribution in [-0.4, -0.2) is 11.8 Å². The van der Waals surface area contributed by atoms with Crippen molar-refractivity contribution in [2.45, 2.75) is 18.4 Å². The highest BCUT2D eigenvalue weighted by atomic mass is 35.5. The molecule has 15 heavy (non-hydrogen) atoms. The first kappa shape index (κ1) is 10.4. The first-order valence-electron chi connectivity index (χ1n) is 4.71. The summed E-state index contributed by atoms with van der Waals surface area (Å²) < 4.78 is 18.7. The number of esters is 1. The average molecular weight is 229 g/mol. The molecule has 4 heteroatoms. The molecule has 1 aliphatic rings. The maximum atomic E-state index is 13.6. The molecule has 0 aromatic heterocycles. The van der Waals surface area contributed by atoms with Crippen molar-refractivity contribution in [3.8, 4) is 0 Å². The van der Waals surface area contributed by atoms with E-state index in [0.717, 1.165) is 0 Å². The molecule has 2 nitrogen and oxygen atoms in total. The molecule has 0 radical (unpaired) electrons.